The fourth-order valence-corrected chi connectivity index (χ4v) is 5.42. The maximum Gasteiger partial charge on any atom is 0.246 e. The van der Waals surface area contributed by atoms with Crippen molar-refractivity contribution >= 4 is 56.6 Å². The summed E-state index contributed by atoms with van der Waals surface area (Å²) in [6, 6.07) is 8.37. The molecule has 1 fully saturated rings. The van der Waals surface area contributed by atoms with Gasteiger partial charge in [-0.15, -0.1) is 11.8 Å². The van der Waals surface area contributed by atoms with Gasteiger partial charge in [-0.3, -0.25) is 4.79 Å². The Morgan fingerprint density at radius 2 is 1.90 bits per heavy atom. The molecular formula is C18H17Cl2FN2O4S2. The van der Waals surface area contributed by atoms with Gasteiger partial charge >= 0.3 is 0 Å². The van der Waals surface area contributed by atoms with E-state index in [1.54, 1.807) is 18.2 Å². The zero-order chi connectivity index (χ0) is 21.0. The Morgan fingerprint density at radius 1 is 1.17 bits per heavy atom. The van der Waals surface area contributed by atoms with Crippen LogP contribution in [0.2, 0.25) is 10.0 Å². The Kier molecular flexibility index (Phi) is 7.42. The molecule has 0 aromatic heterocycles. The van der Waals surface area contributed by atoms with E-state index in [4.69, 9.17) is 27.9 Å². The van der Waals surface area contributed by atoms with Crippen LogP contribution in [0.15, 0.2) is 46.2 Å². The van der Waals surface area contributed by atoms with E-state index in [1.807, 2.05) is 0 Å². The van der Waals surface area contributed by atoms with Gasteiger partial charge in [0.05, 0.1) is 24.0 Å². The molecule has 29 heavy (non-hydrogen) atoms. The topological polar surface area (TPSA) is 75.7 Å². The molecule has 11 heteroatoms. The molecule has 6 nitrogen and oxygen atoms in total. The summed E-state index contributed by atoms with van der Waals surface area (Å²) in [7, 11) is -4.03. The average molecular weight is 479 g/mol. The molecule has 1 heterocycles. The highest BCUT2D eigenvalue weighted by Crippen LogP contribution is 2.30. The number of nitrogens with zero attached hydrogens (tertiary/aromatic N) is 1. The van der Waals surface area contributed by atoms with Crippen LogP contribution >= 0.6 is 35.0 Å². The number of thioether (sulfide) groups is 1. The summed E-state index contributed by atoms with van der Waals surface area (Å²) >= 11 is 13.2. The van der Waals surface area contributed by atoms with Gasteiger partial charge in [0.25, 0.3) is 0 Å². The van der Waals surface area contributed by atoms with Crippen LogP contribution in [0.1, 0.15) is 0 Å². The van der Waals surface area contributed by atoms with Crippen LogP contribution in [-0.2, 0) is 19.6 Å². The second kappa shape index (κ2) is 9.63. The number of benzene rings is 2. The molecule has 1 aliphatic rings. The molecule has 0 atom stereocenters. The van der Waals surface area contributed by atoms with Gasteiger partial charge in [0.1, 0.15) is 10.7 Å². The molecule has 3 rings (SSSR count). The van der Waals surface area contributed by atoms with Crippen molar-refractivity contribution in [1.82, 2.24) is 4.31 Å². The number of anilines is 1. The lowest BCUT2D eigenvalue weighted by molar-refractivity contribution is -0.113. The van der Waals surface area contributed by atoms with E-state index in [1.165, 1.54) is 17.8 Å². The Bertz CT molecular complexity index is 1010. The van der Waals surface area contributed by atoms with Gasteiger partial charge in [-0.25, -0.2) is 12.8 Å². The van der Waals surface area contributed by atoms with E-state index in [0.717, 1.165) is 16.4 Å². The van der Waals surface area contributed by atoms with Crippen molar-refractivity contribution in [3.63, 3.8) is 0 Å². The summed E-state index contributed by atoms with van der Waals surface area (Å²) < 4.78 is 46.0. The van der Waals surface area contributed by atoms with Gasteiger partial charge in [-0.1, -0.05) is 23.2 Å². The third-order valence-electron chi connectivity index (χ3n) is 4.05. The van der Waals surface area contributed by atoms with Crippen molar-refractivity contribution in [3.05, 3.63) is 52.3 Å². The smallest absolute Gasteiger partial charge is 0.246 e. The van der Waals surface area contributed by atoms with E-state index in [2.05, 4.69) is 5.32 Å². The highest BCUT2D eigenvalue weighted by molar-refractivity contribution is 8.00. The minimum atomic E-state index is -4.03. The lowest BCUT2D eigenvalue weighted by Crippen LogP contribution is -2.40. The number of nitrogens with one attached hydrogen (secondary N) is 1. The SMILES string of the molecule is O=C(CSc1cc(Cl)ccc1Cl)Nc1ccc(F)c(S(=O)(=O)N2CCOCC2)c1. The van der Waals surface area contributed by atoms with Crippen LogP contribution in [0.25, 0.3) is 0 Å². The fourth-order valence-electron chi connectivity index (χ4n) is 2.63. The molecule has 1 N–H and O–H groups in total. The second-order valence-electron chi connectivity index (χ2n) is 6.07. The highest BCUT2D eigenvalue weighted by atomic mass is 35.5. The van der Waals surface area contributed by atoms with Crippen LogP contribution in [0.4, 0.5) is 10.1 Å². The summed E-state index contributed by atoms with van der Waals surface area (Å²) in [5.74, 6) is -1.26. The standard InChI is InChI=1S/C18H17Cl2FN2O4S2/c19-12-1-3-14(20)16(9-12)28-11-18(24)22-13-2-4-15(21)17(10-13)29(25,26)23-5-7-27-8-6-23/h1-4,9-10H,5-8,11H2,(H,22,24). The van der Waals surface area contributed by atoms with Gasteiger partial charge in [-0.2, -0.15) is 4.31 Å². The van der Waals surface area contributed by atoms with Crippen LogP contribution in [0.5, 0.6) is 0 Å². The van der Waals surface area contributed by atoms with E-state index in [9.17, 15) is 17.6 Å². The minimum absolute atomic E-state index is 0.0169. The Morgan fingerprint density at radius 3 is 2.62 bits per heavy atom. The molecule has 0 saturated carbocycles. The second-order valence-corrected chi connectivity index (χ2v) is 9.84. The zero-order valence-corrected chi connectivity index (χ0v) is 18.2. The Balaban J connectivity index is 1.70. The Labute approximate surface area is 182 Å². The third kappa shape index (κ3) is 5.62. The highest BCUT2D eigenvalue weighted by Gasteiger charge is 2.29. The largest absolute Gasteiger partial charge is 0.379 e. The minimum Gasteiger partial charge on any atom is -0.379 e. The number of hydrogen-bond donors (Lipinski definition) is 1. The number of ether oxygens (including phenoxy) is 1. The van der Waals surface area contributed by atoms with Crippen LogP contribution in [-0.4, -0.2) is 50.7 Å². The van der Waals surface area contributed by atoms with Crippen LogP contribution in [0.3, 0.4) is 0 Å². The van der Waals surface area contributed by atoms with Crippen LogP contribution < -0.4 is 5.32 Å². The third-order valence-corrected chi connectivity index (χ3v) is 7.70. The maximum absolute atomic E-state index is 14.2. The lowest BCUT2D eigenvalue weighted by atomic mass is 10.3. The molecule has 0 spiro atoms. The van der Waals surface area contributed by atoms with Crippen molar-refractivity contribution < 1.29 is 22.3 Å². The molecule has 1 aliphatic heterocycles. The quantitative estimate of drug-likeness (QED) is 0.637. The van der Waals surface area contributed by atoms with Crippen molar-refractivity contribution in [3.8, 4) is 0 Å². The number of carbonyl (C=O) groups is 1. The summed E-state index contributed by atoms with van der Waals surface area (Å²) in [5.41, 5.74) is 0.182. The van der Waals surface area contributed by atoms with Gasteiger partial charge in [-0.05, 0) is 36.4 Å². The predicted octanol–water partition coefficient (Wildman–Crippen LogP) is 3.88. The van der Waals surface area contributed by atoms with Gasteiger partial charge in [0, 0.05) is 28.7 Å². The molecule has 0 bridgehead atoms. The lowest BCUT2D eigenvalue weighted by Gasteiger charge is -2.26. The normalized spacial score (nSPS) is 15.3. The van der Waals surface area contributed by atoms with E-state index >= 15 is 0 Å². The number of morpholine rings is 1. The summed E-state index contributed by atoms with van der Waals surface area (Å²) in [6.07, 6.45) is 0. The van der Waals surface area contributed by atoms with E-state index in [0.29, 0.717) is 14.9 Å². The van der Waals surface area contributed by atoms with E-state index < -0.39 is 26.6 Å². The molecule has 2 aromatic rings. The number of carbonyl (C=O) groups excluding carboxylic acids is 1. The molecular weight excluding hydrogens is 462 g/mol. The molecule has 1 amide bonds. The van der Waals surface area contributed by atoms with Crippen molar-refractivity contribution in [2.75, 3.05) is 37.4 Å². The summed E-state index contributed by atoms with van der Waals surface area (Å²) in [6.45, 7) is 0.798. The average Bonchev–Trinajstić information content (AvgIpc) is 2.70. The van der Waals surface area contributed by atoms with E-state index in [-0.39, 0.29) is 37.7 Å². The molecule has 156 valence electrons. The van der Waals surface area contributed by atoms with Gasteiger partial charge in [0.2, 0.25) is 15.9 Å². The van der Waals surface area contributed by atoms with Crippen molar-refractivity contribution in [2.45, 2.75) is 9.79 Å². The molecule has 1 saturated heterocycles. The number of amides is 1. The fraction of sp³-hybridized carbons (Fsp3) is 0.278. The maximum atomic E-state index is 14.2. The predicted molar refractivity (Wildman–Crippen MR) is 112 cm³/mol. The number of rotatable bonds is 6. The molecule has 0 radical (unpaired) electrons. The Hall–Kier alpha value is -1.36. The number of halogens is 3. The molecule has 0 unspecified atom stereocenters. The summed E-state index contributed by atoms with van der Waals surface area (Å²) in [5, 5.41) is 3.54. The van der Waals surface area contributed by atoms with Crippen LogP contribution in [0, 0.1) is 5.82 Å². The number of hydrogen-bond acceptors (Lipinski definition) is 5. The molecule has 2 aromatic carbocycles. The monoisotopic (exact) mass is 478 g/mol. The first-order chi connectivity index (χ1) is 13.8. The number of sulfonamides is 1. The summed E-state index contributed by atoms with van der Waals surface area (Å²) in [4.78, 5) is 12.4. The van der Waals surface area contributed by atoms with Crippen molar-refractivity contribution in [1.29, 1.82) is 0 Å². The zero-order valence-electron chi connectivity index (χ0n) is 15.0. The first-order valence-electron chi connectivity index (χ1n) is 8.52. The van der Waals surface area contributed by atoms with Gasteiger partial charge < -0.3 is 10.1 Å². The molecule has 0 aliphatic carbocycles. The van der Waals surface area contributed by atoms with Gasteiger partial charge in [0.15, 0.2) is 0 Å². The first-order valence-corrected chi connectivity index (χ1v) is 11.7. The van der Waals surface area contributed by atoms with Crippen molar-refractivity contribution in [2.24, 2.45) is 0 Å². The first kappa shape index (κ1) is 22.3.